The van der Waals surface area contributed by atoms with Gasteiger partial charge in [0.15, 0.2) is 5.69 Å². The molecule has 0 radical (unpaired) electrons. The summed E-state index contributed by atoms with van der Waals surface area (Å²) in [5.41, 5.74) is 6.57. The molecule has 3 aromatic rings. The Morgan fingerprint density at radius 2 is 1.89 bits per heavy atom. The number of piperidine rings is 1. The SMILES string of the molecule is [C-]#[N+]c1cc(-c2nnc(-c3cccc(CCN4CCC(C(=O)OCC)CC4)c3CC)s2)ccc1CC(C)C. The van der Waals surface area contributed by atoms with Crippen LogP contribution in [-0.2, 0) is 28.8 Å². The fourth-order valence-electron chi connectivity index (χ4n) is 5.28. The first kappa shape index (κ1) is 27.9. The molecule has 0 amide bonds. The van der Waals surface area contributed by atoms with Gasteiger partial charge in [0.1, 0.15) is 10.0 Å². The molecule has 0 bridgehead atoms. The Morgan fingerprint density at radius 3 is 2.58 bits per heavy atom. The van der Waals surface area contributed by atoms with E-state index in [2.05, 4.69) is 71.0 Å². The van der Waals surface area contributed by atoms with Crippen LogP contribution >= 0.6 is 11.3 Å². The molecule has 1 fully saturated rings. The number of aromatic nitrogens is 2. The second kappa shape index (κ2) is 13.1. The van der Waals surface area contributed by atoms with Crippen LogP contribution in [0, 0.1) is 18.4 Å². The van der Waals surface area contributed by atoms with Gasteiger partial charge in [0, 0.05) is 17.7 Å². The summed E-state index contributed by atoms with van der Waals surface area (Å²) in [5.74, 6) is 0.511. The lowest BCUT2D eigenvalue weighted by Crippen LogP contribution is -2.38. The Labute approximate surface area is 230 Å². The van der Waals surface area contributed by atoms with Gasteiger partial charge in [-0.25, -0.2) is 4.85 Å². The van der Waals surface area contributed by atoms with Crippen LogP contribution in [0.25, 0.3) is 26.0 Å². The molecule has 1 aliphatic rings. The van der Waals surface area contributed by atoms with Gasteiger partial charge in [-0.3, -0.25) is 4.79 Å². The molecule has 0 aliphatic carbocycles. The van der Waals surface area contributed by atoms with E-state index in [0.29, 0.717) is 18.2 Å². The fourth-order valence-corrected chi connectivity index (χ4v) is 6.17. The molecule has 2 heterocycles. The van der Waals surface area contributed by atoms with Gasteiger partial charge < -0.3 is 9.64 Å². The lowest BCUT2D eigenvalue weighted by molar-refractivity contribution is -0.149. The first-order valence-electron chi connectivity index (χ1n) is 13.8. The summed E-state index contributed by atoms with van der Waals surface area (Å²) in [6.45, 7) is 19.4. The van der Waals surface area contributed by atoms with E-state index in [0.717, 1.165) is 78.4 Å². The number of benzene rings is 2. The lowest BCUT2D eigenvalue weighted by Gasteiger charge is -2.31. The number of esters is 1. The molecule has 38 heavy (non-hydrogen) atoms. The molecule has 0 N–H and O–H groups in total. The minimum absolute atomic E-state index is 0.0404. The van der Waals surface area contributed by atoms with Crippen LogP contribution in [0.4, 0.5) is 5.69 Å². The van der Waals surface area contributed by atoms with Crippen molar-refractivity contribution in [1.29, 1.82) is 0 Å². The maximum absolute atomic E-state index is 12.1. The first-order valence-corrected chi connectivity index (χ1v) is 14.6. The van der Waals surface area contributed by atoms with Gasteiger partial charge in [-0.15, -0.1) is 10.2 Å². The van der Waals surface area contributed by atoms with Crippen molar-refractivity contribution < 1.29 is 9.53 Å². The third-order valence-electron chi connectivity index (χ3n) is 7.27. The van der Waals surface area contributed by atoms with Crippen LogP contribution < -0.4 is 0 Å². The van der Waals surface area contributed by atoms with Gasteiger partial charge in [0.05, 0.1) is 19.1 Å². The van der Waals surface area contributed by atoms with Crippen molar-refractivity contribution in [2.24, 2.45) is 11.8 Å². The fraction of sp³-hybridized carbons (Fsp3) is 0.484. The quantitative estimate of drug-likeness (QED) is 0.209. The monoisotopic (exact) mass is 530 g/mol. The molecule has 1 aromatic heterocycles. The number of carbonyl (C=O) groups excluding carboxylic acids is 1. The maximum Gasteiger partial charge on any atom is 0.309 e. The summed E-state index contributed by atoms with van der Waals surface area (Å²) < 4.78 is 5.21. The Bertz CT molecular complexity index is 1290. The smallest absolute Gasteiger partial charge is 0.309 e. The van der Waals surface area contributed by atoms with Crippen LogP contribution in [0.1, 0.15) is 57.2 Å². The van der Waals surface area contributed by atoms with E-state index >= 15 is 0 Å². The number of carbonyl (C=O) groups is 1. The van der Waals surface area contributed by atoms with Crippen molar-refractivity contribution in [2.75, 3.05) is 26.2 Å². The predicted molar refractivity (Wildman–Crippen MR) is 154 cm³/mol. The van der Waals surface area contributed by atoms with Gasteiger partial charge >= 0.3 is 5.97 Å². The zero-order valence-electron chi connectivity index (χ0n) is 23.0. The average Bonchev–Trinajstić information content (AvgIpc) is 3.42. The maximum atomic E-state index is 12.1. The van der Waals surface area contributed by atoms with E-state index < -0.39 is 0 Å². The van der Waals surface area contributed by atoms with Gasteiger partial charge in [-0.1, -0.05) is 62.4 Å². The standard InChI is InChI=1S/C31H38N4O2S/c1-6-26-22(13-16-35-17-14-23(15-18-35)31(36)37-7-2)9-8-10-27(26)30-34-33-29(38-30)25-12-11-24(19-21(3)4)28(20-25)32-5/h8-12,20-21,23H,6-7,13-19H2,1-4H3. The molecule has 4 rings (SSSR count). The van der Waals surface area contributed by atoms with E-state index in [1.54, 1.807) is 11.3 Å². The molecular weight excluding hydrogens is 492 g/mol. The van der Waals surface area contributed by atoms with Gasteiger partial charge in [-0.05, 0) is 80.8 Å². The van der Waals surface area contributed by atoms with Gasteiger partial charge in [0.25, 0.3) is 0 Å². The topological polar surface area (TPSA) is 59.7 Å². The zero-order valence-corrected chi connectivity index (χ0v) is 23.8. The molecule has 2 aromatic carbocycles. The summed E-state index contributed by atoms with van der Waals surface area (Å²) in [7, 11) is 0. The number of likely N-dealkylation sites (tertiary alicyclic amines) is 1. The Balaban J connectivity index is 1.47. The number of hydrogen-bond acceptors (Lipinski definition) is 6. The number of ether oxygens (including phenoxy) is 1. The van der Waals surface area contributed by atoms with E-state index in [9.17, 15) is 4.79 Å². The largest absolute Gasteiger partial charge is 0.466 e. The molecule has 1 aliphatic heterocycles. The highest BCUT2D eigenvalue weighted by Crippen LogP contribution is 2.36. The Morgan fingerprint density at radius 1 is 1.13 bits per heavy atom. The van der Waals surface area contributed by atoms with Crippen molar-refractivity contribution in [2.45, 2.75) is 59.8 Å². The van der Waals surface area contributed by atoms with E-state index in [1.807, 2.05) is 13.0 Å². The summed E-state index contributed by atoms with van der Waals surface area (Å²) in [6.07, 6.45) is 4.55. The highest BCUT2D eigenvalue weighted by Gasteiger charge is 2.26. The molecule has 1 saturated heterocycles. The van der Waals surface area contributed by atoms with Crippen LogP contribution in [-0.4, -0.2) is 47.3 Å². The van der Waals surface area contributed by atoms with Crippen LogP contribution in [0.3, 0.4) is 0 Å². The van der Waals surface area contributed by atoms with Gasteiger partial charge in [-0.2, -0.15) is 0 Å². The Hall–Kier alpha value is -3.08. The van der Waals surface area contributed by atoms with Crippen molar-refractivity contribution in [3.8, 4) is 21.1 Å². The molecule has 7 heteroatoms. The normalized spacial score (nSPS) is 14.5. The molecule has 0 atom stereocenters. The van der Waals surface area contributed by atoms with Crippen molar-refractivity contribution >= 4 is 23.0 Å². The van der Waals surface area contributed by atoms with Crippen LogP contribution in [0.2, 0.25) is 0 Å². The van der Waals surface area contributed by atoms with E-state index in [1.165, 1.54) is 11.1 Å². The molecule has 0 unspecified atom stereocenters. The molecular formula is C31H38N4O2S. The van der Waals surface area contributed by atoms with E-state index in [4.69, 9.17) is 11.3 Å². The second-order valence-electron chi connectivity index (χ2n) is 10.4. The second-order valence-corrected chi connectivity index (χ2v) is 11.4. The van der Waals surface area contributed by atoms with Crippen LogP contribution in [0.5, 0.6) is 0 Å². The summed E-state index contributed by atoms with van der Waals surface area (Å²) in [4.78, 5) is 18.3. The molecule has 6 nitrogen and oxygen atoms in total. The van der Waals surface area contributed by atoms with Crippen molar-refractivity contribution in [1.82, 2.24) is 15.1 Å². The summed E-state index contributed by atoms with van der Waals surface area (Å²) in [6, 6.07) is 12.6. The molecule has 0 spiro atoms. The number of rotatable bonds is 10. The summed E-state index contributed by atoms with van der Waals surface area (Å²) >= 11 is 1.59. The minimum Gasteiger partial charge on any atom is -0.466 e. The molecule has 0 saturated carbocycles. The van der Waals surface area contributed by atoms with Gasteiger partial charge in [0.2, 0.25) is 0 Å². The van der Waals surface area contributed by atoms with E-state index in [-0.39, 0.29) is 11.9 Å². The number of hydrogen-bond donors (Lipinski definition) is 0. The third kappa shape index (κ3) is 6.67. The number of nitrogens with zero attached hydrogens (tertiary/aromatic N) is 4. The van der Waals surface area contributed by atoms with Crippen molar-refractivity contribution in [3.05, 3.63) is 64.5 Å². The summed E-state index contributed by atoms with van der Waals surface area (Å²) in [5, 5.41) is 10.8. The highest BCUT2D eigenvalue weighted by atomic mass is 32.1. The zero-order chi connectivity index (χ0) is 27.1. The third-order valence-corrected chi connectivity index (χ3v) is 8.27. The lowest BCUT2D eigenvalue weighted by atomic mass is 9.95. The molecule has 200 valence electrons. The Kier molecular flexibility index (Phi) is 9.65. The predicted octanol–water partition coefficient (Wildman–Crippen LogP) is 7.00. The minimum atomic E-state index is -0.0404. The first-order chi connectivity index (χ1) is 18.4. The van der Waals surface area contributed by atoms with Crippen molar-refractivity contribution in [3.63, 3.8) is 0 Å². The average molecular weight is 531 g/mol. The highest BCUT2D eigenvalue weighted by molar-refractivity contribution is 7.17. The van der Waals surface area contributed by atoms with Crippen LogP contribution in [0.15, 0.2) is 36.4 Å².